The molecule has 1 aromatic rings. The minimum Gasteiger partial charge on any atom is -0.454 e. The molecule has 0 saturated carbocycles. The smallest absolute Gasteiger partial charge is 0.260 e. The second-order valence-corrected chi connectivity index (χ2v) is 11.7. The van der Waals surface area contributed by atoms with Gasteiger partial charge in [0.15, 0.2) is 16.4 Å². The predicted octanol–water partition coefficient (Wildman–Crippen LogP) is 3.30. The van der Waals surface area contributed by atoms with Crippen molar-refractivity contribution in [3.8, 4) is 17.6 Å². The summed E-state index contributed by atoms with van der Waals surface area (Å²) in [5.41, 5.74) is -0.0433. The first kappa shape index (κ1) is 19.4. The van der Waals surface area contributed by atoms with Crippen LogP contribution in [0, 0.1) is 16.7 Å². The lowest BCUT2D eigenvalue weighted by Crippen LogP contribution is -2.55. The summed E-state index contributed by atoms with van der Waals surface area (Å²) in [5, 5.41) is 9.74. The highest BCUT2D eigenvalue weighted by molar-refractivity contribution is 9.10. The number of hydrogen-bond acceptors (Lipinski definition) is 7. The van der Waals surface area contributed by atoms with Crippen molar-refractivity contribution < 1.29 is 19.1 Å². The minimum absolute atomic E-state index is 0.0530. The summed E-state index contributed by atoms with van der Waals surface area (Å²) in [6, 6.07) is 5.28. The van der Waals surface area contributed by atoms with Crippen LogP contribution in [-0.4, -0.2) is 51.6 Å². The van der Waals surface area contributed by atoms with Gasteiger partial charge in [-0.1, -0.05) is 37.5 Å². The van der Waals surface area contributed by atoms with Crippen molar-refractivity contribution >= 4 is 49.3 Å². The average molecular weight is 496 g/mol. The minimum atomic E-state index is -1.01. The Morgan fingerprint density at radius 1 is 1.28 bits per heavy atom. The predicted molar refractivity (Wildman–Crippen MR) is 112 cm³/mol. The Kier molecular flexibility index (Phi) is 4.16. The van der Waals surface area contributed by atoms with E-state index in [9.17, 15) is 14.9 Å². The van der Waals surface area contributed by atoms with Crippen LogP contribution in [-0.2, 0) is 9.59 Å². The molecule has 7 nitrogen and oxygen atoms in total. The number of rotatable bonds is 1. The monoisotopic (exact) mass is 495 g/mol. The number of halogens is 1. The summed E-state index contributed by atoms with van der Waals surface area (Å²) in [5.74, 6) is 1.04. The standard InChI is InChI=1S/C19H18BrN3O4S2/c1-18(7-21)6-11-14-16(24)22(3)19(2,29-28-14)17(25)23(11)15(18)9-4-12-13(5-10(9)20)27-8-26-12/h4-5,11,14-15H,6,8H2,1-3H3. The normalized spacial score (nSPS) is 37.6. The van der Waals surface area contributed by atoms with E-state index in [1.807, 2.05) is 19.1 Å². The molecule has 2 amide bonds. The molecule has 4 saturated heterocycles. The molecule has 6 rings (SSSR count). The summed E-state index contributed by atoms with van der Waals surface area (Å²) in [6.45, 7) is 3.80. The van der Waals surface area contributed by atoms with Crippen molar-refractivity contribution in [1.29, 1.82) is 5.26 Å². The highest BCUT2D eigenvalue weighted by Gasteiger charge is 2.65. The number of carbonyl (C=O) groups is 2. The van der Waals surface area contributed by atoms with Gasteiger partial charge in [-0.05, 0) is 38.0 Å². The summed E-state index contributed by atoms with van der Waals surface area (Å²) in [7, 11) is 4.58. The number of hydrogen-bond donors (Lipinski definition) is 0. The second-order valence-electron chi connectivity index (χ2n) is 8.12. The van der Waals surface area contributed by atoms with Crippen LogP contribution in [0.15, 0.2) is 16.6 Å². The van der Waals surface area contributed by atoms with E-state index < -0.39 is 21.6 Å². The van der Waals surface area contributed by atoms with Gasteiger partial charge in [0.2, 0.25) is 12.7 Å². The van der Waals surface area contributed by atoms with Crippen LogP contribution in [0.2, 0.25) is 0 Å². The SMILES string of the molecule is CN1C(=O)C2SSC1(C)C(=O)N1C2CC(C)(C#N)C1c1cc2c(cc1Br)OCO2. The molecular formula is C19H18BrN3O4S2. The van der Waals surface area contributed by atoms with Crippen LogP contribution in [0.4, 0.5) is 0 Å². The Bertz CT molecular complexity index is 1000. The fourth-order valence-corrected chi connectivity index (χ4v) is 8.56. The van der Waals surface area contributed by atoms with Gasteiger partial charge < -0.3 is 19.3 Å². The molecule has 4 fully saturated rings. The average Bonchev–Trinajstić information content (AvgIpc) is 3.23. The number of amides is 2. The molecule has 29 heavy (non-hydrogen) atoms. The molecule has 5 aliphatic rings. The van der Waals surface area contributed by atoms with E-state index in [-0.39, 0.29) is 24.6 Å². The van der Waals surface area contributed by atoms with Crippen molar-refractivity contribution in [2.24, 2.45) is 5.41 Å². The summed E-state index contributed by atoms with van der Waals surface area (Å²) >= 11 is 3.61. The fraction of sp³-hybridized carbons (Fsp3) is 0.526. The van der Waals surface area contributed by atoms with Gasteiger partial charge in [-0.15, -0.1) is 0 Å². The van der Waals surface area contributed by atoms with E-state index in [0.29, 0.717) is 17.9 Å². The highest BCUT2D eigenvalue weighted by Crippen LogP contribution is 2.61. The first-order valence-electron chi connectivity index (χ1n) is 9.16. The molecule has 5 atom stereocenters. The van der Waals surface area contributed by atoms with E-state index in [1.54, 1.807) is 23.8 Å². The molecule has 0 aromatic heterocycles. The quantitative estimate of drug-likeness (QED) is 0.552. The molecule has 2 bridgehead atoms. The molecule has 152 valence electrons. The fourth-order valence-electron chi connectivity index (χ4n) is 4.70. The van der Waals surface area contributed by atoms with Crippen LogP contribution >= 0.6 is 37.5 Å². The second kappa shape index (κ2) is 6.22. The lowest BCUT2D eigenvalue weighted by molar-refractivity contribution is -0.143. The van der Waals surface area contributed by atoms with E-state index in [2.05, 4.69) is 22.0 Å². The maximum atomic E-state index is 13.8. The molecule has 5 aliphatic heterocycles. The molecule has 0 radical (unpaired) electrons. The van der Waals surface area contributed by atoms with Gasteiger partial charge in [0, 0.05) is 11.5 Å². The highest BCUT2D eigenvalue weighted by atomic mass is 79.9. The van der Waals surface area contributed by atoms with Crippen LogP contribution < -0.4 is 9.47 Å². The zero-order chi connectivity index (χ0) is 20.7. The largest absolute Gasteiger partial charge is 0.454 e. The van der Waals surface area contributed by atoms with Crippen molar-refractivity contribution in [2.75, 3.05) is 13.8 Å². The Morgan fingerprint density at radius 3 is 2.66 bits per heavy atom. The molecule has 10 heteroatoms. The van der Waals surface area contributed by atoms with E-state index in [1.165, 1.54) is 21.6 Å². The third-order valence-corrected chi connectivity index (χ3v) is 10.6. The van der Waals surface area contributed by atoms with Gasteiger partial charge in [0.05, 0.1) is 23.6 Å². The third kappa shape index (κ3) is 2.44. The summed E-state index contributed by atoms with van der Waals surface area (Å²) < 4.78 is 11.8. The molecule has 0 spiro atoms. The van der Waals surface area contributed by atoms with Gasteiger partial charge >= 0.3 is 0 Å². The van der Waals surface area contributed by atoms with Gasteiger partial charge in [-0.2, -0.15) is 5.26 Å². The number of carbonyl (C=O) groups excluding carboxylic acids is 2. The maximum Gasteiger partial charge on any atom is 0.260 e. The van der Waals surface area contributed by atoms with Crippen molar-refractivity contribution in [2.45, 2.75) is 42.5 Å². The van der Waals surface area contributed by atoms with E-state index in [0.717, 1.165) is 10.0 Å². The molecule has 5 unspecified atom stereocenters. The summed E-state index contributed by atoms with van der Waals surface area (Å²) in [4.78, 5) is 29.2. The van der Waals surface area contributed by atoms with Crippen molar-refractivity contribution in [1.82, 2.24) is 9.80 Å². The lowest BCUT2D eigenvalue weighted by atomic mass is 9.79. The topological polar surface area (TPSA) is 82.9 Å². The van der Waals surface area contributed by atoms with Gasteiger partial charge in [-0.25, -0.2) is 0 Å². The third-order valence-electron chi connectivity index (χ3n) is 6.42. The summed E-state index contributed by atoms with van der Waals surface area (Å²) in [6.07, 6.45) is 0.439. The van der Waals surface area contributed by atoms with E-state index >= 15 is 0 Å². The first-order chi connectivity index (χ1) is 13.7. The number of nitriles is 1. The van der Waals surface area contributed by atoms with Crippen molar-refractivity contribution in [3.63, 3.8) is 0 Å². The van der Waals surface area contributed by atoms with Gasteiger partial charge in [0.1, 0.15) is 5.25 Å². The number of fused-ring (bicyclic) bond motifs is 3. The Balaban J connectivity index is 1.70. The number of ether oxygens (including phenoxy) is 2. The van der Waals surface area contributed by atoms with Crippen LogP contribution in [0.3, 0.4) is 0 Å². The number of benzene rings is 1. The molecule has 1 aromatic carbocycles. The Labute approximate surface area is 184 Å². The van der Waals surface area contributed by atoms with Crippen LogP contribution in [0.5, 0.6) is 11.5 Å². The zero-order valence-corrected chi connectivity index (χ0v) is 19.2. The molecule has 0 N–H and O–H groups in total. The zero-order valence-electron chi connectivity index (χ0n) is 16.0. The maximum absolute atomic E-state index is 13.8. The number of nitrogens with zero attached hydrogens (tertiary/aromatic N) is 3. The lowest BCUT2D eigenvalue weighted by Gasteiger charge is -2.41. The first-order valence-corrected chi connectivity index (χ1v) is 12.2. The molecule has 5 heterocycles. The van der Waals surface area contributed by atoms with E-state index in [4.69, 9.17) is 9.47 Å². The van der Waals surface area contributed by atoms with Gasteiger partial charge in [0.25, 0.3) is 5.91 Å². The van der Waals surface area contributed by atoms with Crippen molar-refractivity contribution in [3.05, 3.63) is 22.2 Å². The molecule has 0 aliphatic carbocycles. The van der Waals surface area contributed by atoms with Gasteiger partial charge in [-0.3, -0.25) is 9.59 Å². The number of likely N-dealkylation sites (N-methyl/N-ethyl adjacent to an activating group) is 1. The van der Waals surface area contributed by atoms with Crippen LogP contribution in [0.25, 0.3) is 0 Å². The Morgan fingerprint density at radius 2 is 1.97 bits per heavy atom. The van der Waals surface area contributed by atoms with Crippen LogP contribution in [0.1, 0.15) is 31.9 Å². The Hall–Kier alpha value is -1.57. The molecular weight excluding hydrogens is 478 g/mol.